The summed E-state index contributed by atoms with van der Waals surface area (Å²) in [7, 11) is 0. The highest BCUT2D eigenvalue weighted by molar-refractivity contribution is 5.41. The lowest BCUT2D eigenvalue weighted by molar-refractivity contribution is 0.317. The van der Waals surface area contributed by atoms with E-state index in [-0.39, 0.29) is 11.6 Å². The predicted octanol–water partition coefficient (Wildman–Crippen LogP) is 3.26. The number of hydrogen-bond donors (Lipinski definition) is 2. The Bertz CT molecular complexity index is 570. The molecule has 0 unspecified atom stereocenters. The second-order valence-corrected chi connectivity index (χ2v) is 4.79. The van der Waals surface area contributed by atoms with E-state index in [1.54, 1.807) is 18.2 Å². The third-order valence-electron chi connectivity index (χ3n) is 3.16. The third-order valence-corrected chi connectivity index (χ3v) is 3.16. The predicted molar refractivity (Wildman–Crippen MR) is 81.1 cm³/mol. The van der Waals surface area contributed by atoms with Crippen LogP contribution in [0, 0.1) is 5.82 Å². The van der Waals surface area contributed by atoms with Crippen LogP contribution in [0.4, 0.5) is 4.39 Å². The lowest BCUT2D eigenvalue weighted by atomic mass is 10.1. The quantitative estimate of drug-likeness (QED) is 0.769. The maximum absolute atomic E-state index is 12.8. The summed E-state index contributed by atoms with van der Waals surface area (Å²) in [4.78, 5) is 0. The molecule has 112 valence electrons. The van der Waals surface area contributed by atoms with Crippen LogP contribution >= 0.6 is 0 Å². The zero-order chi connectivity index (χ0) is 15.1. The fourth-order valence-electron chi connectivity index (χ4n) is 2.06. The van der Waals surface area contributed by atoms with Crippen LogP contribution in [0.1, 0.15) is 18.1 Å². The van der Waals surface area contributed by atoms with Crippen molar-refractivity contribution in [3.63, 3.8) is 0 Å². The van der Waals surface area contributed by atoms with Crippen molar-refractivity contribution >= 4 is 0 Å². The summed E-state index contributed by atoms with van der Waals surface area (Å²) in [5.41, 5.74) is 2.15. The summed E-state index contributed by atoms with van der Waals surface area (Å²) in [6.45, 7) is 3.90. The van der Waals surface area contributed by atoms with Crippen LogP contribution in [0.25, 0.3) is 0 Å². The van der Waals surface area contributed by atoms with Crippen LogP contribution in [0.15, 0.2) is 42.5 Å². The SMILES string of the molecule is CCOc1cc(CNCCc2ccc(F)cc2)ccc1O. The normalized spacial score (nSPS) is 10.6. The zero-order valence-electron chi connectivity index (χ0n) is 12.1. The molecule has 0 radical (unpaired) electrons. The number of rotatable bonds is 7. The first-order valence-corrected chi connectivity index (χ1v) is 7.09. The van der Waals surface area contributed by atoms with E-state index in [2.05, 4.69) is 5.32 Å². The Hall–Kier alpha value is -2.07. The minimum atomic E-state index is -0.209. The Morgan fingerprint density at radius 3 is 2.52 bits per heavy atom. The molecule has 0 aliphatic heterocycles. The van der Waals surface area contributed by atoms with Crippen LogP contribution < -0.4 is 10.1 Å². The summed E-state index contributed by atoms with van der Waals surface area (Å²) >= 11 is 0. The van der Waals surface area contributed by atoms with Gasteiger partial charge in [0.05, 0.1) is 6.61 Å². The highest BCUT2D eigenvalue weighted by Crippen LogP contribution is 2.26. The summed E-state index contributed by atoms with van der Waals surface area (Å²) in [6.07, 6.45) is 0.844. The number of hydrogen-bond acceptors (Lipinski definition) is 3. The molecule has 0 spiro atoms. The van der Waals surface area contributed by atoms with Crippen molar-refractivity contribution in [2.24, 2.45) is 0 Å². The lowest BCUT2D eigenvalue weighted by Gasteiger charge is -2.09. The van der Waals surface area contributed by atoms with Gasteiger partial charge in [-0.15, -0.1) is 0 Å². The van der Waals surface area contributed by atoms with Crippen molar-refractivity contribution in [2.75, 3.05) is 13.2 Å². The first-order valence-electron chi connectivity index (χ1n) is 7.09. The number of halogens is 1. The molecule has 2 N–H and O–H groups in total. The van der Waals surface area contributed by atoms with Crippen LogP contribution in [0.5, 0.6) is 11.5 Å². The molecule has 0 amide bonds. The van der Waals surface area contributed by atoms with Crippen molar-refractivity contribution < 1.29 is 14.2 Å². The van der Waals surface area contributed by atoms with Gasteiger partial charge in [0.2, 0.25) is 0 Å². The zero-order valence-corrected chi connectivity index (χ0v) is 12.1. The molecule has 0 saturated carbocycles. The summed E-state index contributed by atoms with van der Waals surface area (Å²) in [5.74, 6) is 0.460. The molecular weight excluding hydrogens is 269 g/mol. The van der Waals surface area contributed by atoms with Crippen molar-refractivity contribution in [2.45, 2.75) is 19.9 Å². The Morgan fingerprint density at radius 2 is 1.81 bits per heavy atom. The Morgan fingerprint density at radius 1 is 1.10 bits per heavy atom. The van der Waals surface area contributed by atoms with Gasteiger partial charge >= 0.3 is 0 Å². The smallest absolute Gasteiger partial charge is 0.161 e. The molecule has 2 rings (SSSR count). The fourth-order valence-corrected chi connectivity index (χ4v) is 2.06. The van der Waals surface area contributed by atoms with Crippen LogP contribution in [-0.4, -0.2) is 18.3 Å². The molecule has 0 bridgehead atoms. The molecule has 3 nitrogen and oxygen atoms in total. The molecule has 0 aromatic heterocycles. The Balaban J connectivity index is 1.80. The van der Waals surface area contributed by atoms with Gasteiger partial charge in [0.15, 0.2) is 11.5 Å². The number of phenols is 1. The minimum absolute atomic E-state index is 0.159. The van der Waals surface area contributed by atoms with Crippen molar-refractivity contribution in [3.05, 3.63) is 59.4 Å². The minimum Gasteiger partial charge on any atom is -0.504 e. The second kappa shape index (κ2) is 7.64. The molecule has 0 aliphatic rings. The van der Waals surface area contributed by atoms with Gasteiger partial charge in [-0.3, -0.25) is 0 Å². The van der Waals surface area contributed by atoms with E-state index in [0.717, 1.165) is 24.1 Å². The molecule has 2 aromatic rings. The van der Waals surface area contributed by atoms with Crippen LogP contribution in [0.2, 0.25) is 0 Å². The summed E-state index contributed by atoms with van der Waals surface area (Å²) < 4.78 is 18.1. The Kier molecular flexibility index (Phi) is 5.58. The molecule has 0 heterocycles. The number of benzene rings is 2. The molecular formula is C17H20FNO2. The topological polar surface area (TPSA) is 41.5 Å². The highest BCUT2D eigenvalue weighted by atomic mass is 19.1. The van der Waals surface area contributed by atoms with Gasteiger partial charge in [0, 0.05) is 6.54 Å². The van der Waals surface area contributed by atoms with Gasteiger partial charge < -0.3 is 15.2 Å². The van der Waals surface area contributed by atoms with E-state index in [1.807, 2.05) is 19.1 Å². The first kappa shape index (κ1) is 15.3. The Labute approximate surface area is 124 Å². The van der Waals surface area contributed by atoms with Crippen LogP contribution in [0.3, 0.4) is 0 Å². The number of phenolic OH excluding ortho intramolecular Hbond substituents is 1. The van der Waals surface area contributed by atoms with E-state index in [1.165, 1.54) is 12.1 Å². The number of ether oxygens (including phenoxy) is 1. The lowest BCUT2D eigenvalue weighted by Crippen LogP contribution is -2.16. The summed E-state index contributed by atoms with van der Waals surface area (Å²) in [6, 6.07) is 11.9. The van der Waals surface area contributed by atoms with E-state index in [0.29, 0.717) is 18.9 Å². The van der Waals surface area contributed by atoms with E-state index in [4.69, 9.17) is 4.74 Å². The standard InChI is InChI=1S/C17H20FNO2/c1-2-21-17-11-14(5-8-16(17)20)12-19-10-9-13-3-6-15(18)7-4-13/h3-8,11,19-20H,2,9-10,12H2,1H3. The monoisotopic (exact) mass is 289 g/mol. The van der Waals surface area contributed by atoms with E-state index in [9.17, 15) is 9.50 Å². The van der Waals surface area contributed by atoms with Gasteiger partial charge in [0.25, 0.3) is 0 Å². The largest absolute Gasteiger partial charge is 0.504 e. The molecule has 0 aliphatic carbocycles. The fraction of sp³-hybridized carbons (Fsp3) is 0.294. The first-order chi connectivity index (χ1) is 10.2. The van der Waals surface area contributed by atoms with Gasteiger partial charge in [-0.05, 0) is 55.3 Å². The van der Waals surface area contributed by atoms with E-state index < -0.39 is 0 Å². The van der Waals surface area contributed by atoms with Gasteiger partial charge in [0.1, 0.15) is 5.82 Å². The summed E-state index contributed by atoms with van der Waals surface area (Å²) in [5, 5.41) is 13.0. The molecule has 0 saturated heterocycles. The molecule has 2 aromatic carbocycles. The number of nitrogens with one attached hydrogen (secondary N) is 1. The maximum atomic E-state index is 12.8. The van der Waals surface area contributed by atoms with Crippen molar-refractivity contribution in [1.82, 2.24) is 5.32 Å². The average Bonchev–Trinajstić information content (AvgIpc) is 2.49. The average molecular weight is 289 g/mol. The van der Waals surface area contributed by atoms with Crippen LogP contribution in [-0.2, 0) is 13.0 Å². The van der Waals surface area contributed by atoms with Crippen molar-refractivity contribution in [1.29, 1.82) is 0 Å². The molecule has 21 heavy (non-hydrogen) atoms. The number of aromatic hydroxyl groups is 1. The van der Waals surface area contributed by atoms with Gasteiger partial charge in [-0.25, -0.2) is 4.39 Å². The second-order valence-electron chi connectivity index (χ2n) is 4.79. The van der Waals surface area contributed by atoms with E-state index >= 15 is 0 Å². The molecule has 4 heteroatoms. The van der Waals surface area contributed by atoms with Gasteiger partial charge in [-0.2, -0.15) is 0 Å². The molecule has 0 fully saturated rings. The maximum Gasteiger partial charge on any atom is 0.161 e. The highest BCUT2D eigenvalue weighted by Gasteiger charge is 2.03. The third kappa shape index (κ3) is 4.76. The van der Waals surface area contributed by atoms with Gasteiger partial charge in [-0.1, -0.05) is 18.2 Å². The molecule has 0 atom stereocenters. The van der Waals surface area contributed by atoms with Crippen molar-refractivity contribution in [3.8, 4) is 11.5 Å².